The number of anilines is 1. The Kier molecular flexibility index (Phi) is 4.37. The molecule has 5 aromatic rings. The van der Waals surface area contributed by atoms with Crippen molar-refractivity contribution in [3.8, 4) is 0 Å². The van der Waals surface area contributed by atoms with Gasteiger partial charge in [-0.05, 0) is 36.1 Å². The maximum atomic E-state index is 13.8. The third-order valence-corrected chi connectivity index (χ3v) is 6.62. The fourth-order valence-electron chi connectivity index (χ4n) is 4.40. The summed E-state index contributed by atoms with van der Waals surface area (Å²) in [6, 6.07) is 17.0. The van der Waals surface area contributed by atoms with Crippen LogP contribution in [0.5, 0.6) is 0 Å². The van der Waals surface area contributed by atoms with Gasteiger partial charge in [-0.2, -0.15) is 0 Å². The van der Waals surface area contributed by atoms with Crippen LogP contribution in [0.1, 0.15) is 33.5 Å². The van der Waals surface area contributed by atoms with Crippen LogP contribution in [-0.4, -0.2) is 11.1 Å². The molecule has 0 fully saturated rings. The van der Waals surface area contributed by atoms with Gasteiger partial charge < -0.3 is 8.94 Å². The molecule has 6 rings (SSSR count). The van der Waals surface area contributed by atoms with Gasteiger partial charge >= 0.3 is 0 Å². The van der Waals surface area contributed by atoms with Crippen molar-refractivity contribution in [3.05, 3.63) is 104 Å². The second kappa shape index (κ2) is 7.20. The fraction of sp³-hybridized carbons (Fsp3) is 0.0800. The summed E-state index contributed by atoms with van der Waals surface area (Å²) >= 11 is 12.4. The smallest absolute Gasteiger partial charge is 0.296 e. The molecular weight excluding hydrogens is 463 g/mol. The zero-order valence-corrected chi connectivity index (χ0v) is 18.6. The minimum Gasteiger partial charge on any atom is -0.450 e. The normalized spacial score (nSPS) is 15.5. The molecule has 6 nitrogen and oxygen atoms in total. The van der Waals surface area contributed by atoms with E-state index < -0.39 is 11.9 Å². The molecule has 0 bridgehead atoms. The summed E-state index contributed by atoms with van der Waals surface area (Å²) in [5.41, 5.74) is 0.909. The lowest BCUT2D eigenvalue weighted by molar-refractivity contribution is 0.0969. The van der Waals surface area contributed by atoms with E-state index in [1.807, 2.05) is 30.3 Å². The minimum absolute atomic E-state index is 0.0272. The molecule has 0 spiro atoms. The fourth-order valence-corrected chi connectivity index (χ4v) is 4.71. The van der Waals surface area contributed by atoms with E-state index >= 15 is 0 Å². The lowest BCUT2D eigenvalue weighted by Crippen LogP contribution is -2.29. The SMILES string of the molecule is Cc1cc(N2C(=O)c3oc4c(ccc5ccccc54)c(=O)c3[C@H]2c2ccc(Cl)c(Cl)c2)no1. The molecule has 0 radical (unpaired) electrons. The number of carbonyl (C=O) groups is 1. The predicted molar refractivity (Wildman–Crippen MR) is 126 cm³/mol. The maximum absolute atomic E-state index is 13.8. The summed E-state index contributed by atoms with van der Waals surface area (Å²) in [5.74, 6) is 0.284. The standard InChI is InChI=1S/C25H14Cl2N2O4/c1-12-10-19(28-33-12)29-21(14-7-9-17(26)18(27)11-14)20-22(30)16-8-6-13-4-2-3-5-15(13)23(16)32-24(20)25(29)31/h2-11,21H,1H3/t21-/m1/s1. The predicted octanol–water partition coefficient (Wildman–Crippen LogP) is 6.30. The van der Waals surface area contributed by atoms with Crippen LogP contribution in [0.15, 0.2) is 74.4 Å². The highest BCUT2D eigenvalue weighted by atomic mass is 35.5. The molecule has 33 heavy (non-hydrogen) atoms. The lowest BCUT2D eigenvalue weighted by Gasteiger charge is -2.22. The second-order valence-electron chi connectivity index (χ2n) is 7.88. The number of hydrogen-bond acceptors (Lipinski definition) is 5. The van der Waals surface area contributed by atoms with Gasteiger partial charge in [0.1, 0.15) is 11.3 Å². The largest absolute Gasteiger partial charge is 0.450 e. The van der Waals surface area contributed by atoms with Gasteiger partial charge in [0.25, 0.3) is 5.91 Å². The summed E-state index contributed by atoms with van der Waals surface area (Å²) in [6.45, 7) is 1.72. The van der Waals surface area contributed by atoms with Crippen molar-refractivity contribution in [3.63, 3.8) is 0 Å². The number of aromatic nitrogens is 1. The number of nitrogens with zero attached hydrogens (tertiary/aromatic N) is 2. The Hall–Kier alpha value is -3.61. The number of benzene rings is 3. The van der Waals surface area contributed by atoms with Crippen LogP contribution in [0.3, 0.4) is 0 Å². The average molecular weight is 477 g/mol. The van der Waals surface area contributed by atoms with Crippen molar-refractivity contribution >= 4 is 56.7 Å². The van der Waals surface area contributed by atoms with Gasteiger partial charge in [-0.1, -0.05) is 64.8 Å². The number of aryl methyl sites for hydroxylation is 1. The quantitative estimate of drug-likeness (QED) is 0.279. The molecule has 1 atom stereocenters. The van der Waals surface area contributed by atoms with Gasteiger partial charge in [-0.3, -0.25) is 14.5 Å². The van der Waals surface area contributed by atoms with E-state index in [9.17, 15) is 9.59 Å². The van der Waals surface area contributed by atoms with Gasteiger partial charge in [0.05, 0.1) is 27.0 Å². The van der Waals surface area contributed by atoms with E-state index in [0.29, 0.717) is 32.3 Å². The summed E-state index contributed by atoms with van der Waals surface area (Å²) in [4.78, 5) is 28.8. The van der Waals surface area contributed by atoms with E-state index in [0.717, 1.165) is 10.8 Å². The molecule has 0 N–H and O–H groups in total. The summed E-state index contributed by atoms with van der Waals surface area (Å²) < 4.78 is 11.4. The summed E-state index contributed by atoms with van der Waals surface area (Å²) in [7, 11) is 0. The number of fused-ring (bicyclic) bond motifs is 4. The Morgan fingerprint density at radius 1 is 0.939 bits per heavy atom. The van der Waals surface area contributed by atoms with E-state index in [4.69, 9.17) is 32.1 Å². The van der Waals surface area contributed by atoms with Gasteiger partial charge in [-0.15, -0.1) is 0 Å². The van der Waals surface area contributed by atoms with Crippen LogP contribution in [-0.2, 0) is 0 Å². The Balaban J connectivity index is 1.69. The molecule has 3 heterocycles. The minimum atomic E-state index is -0.807. The Bertz CT molecular complexity index is 1670. The van der Waals surface area contributed by atoms with Crippen molar-refractivity contribution < 1.29 is 13.7 Å². The van der Waals surface area contributed by atoms with Crippen molar-refractivity contribution in [1.29, 1.82) is 0 Å². The molecule has 3 aromatic carbocycles. The number of hydrogen-bond donors (Lipinski definition) is 0. The first-order valence-corrected chi connectivity index (χ1v) is 10.9. The molecule has 1 amide bonds. The van der Waals surface area contributed by atoms with Gasteiger partial charge in [0.15, 0.2) is 11.2 Å². The molecule has 1 aliphatic rings. The number of amides is 1. The highest BCUT2D eigenvalue weighted by Gasteiger charge is 2.45. The number of halogens is 2. The van der Waals surface area contributed by atoms with Crippen molar-refractivity contribution in [2.75, 3.05) is 4.90 Å². The van der Waals surface area contributed by atoms with Crippen LogP contribution < -0.4 is 10.3 Å². The monoisotopic (exact) mass is 476 g/mol. The molecule has 1 aliphatic heterocycles. The van der Waals surface area contributed by atoms with E-state index in [2.05, 4.69) is 5.16 Å². The van der Waals surface area contributed by atoms with E-state index in [-0.39, 0.29) is 22.6 Å². The number of carbonyl (C=O) groups excluding carboxylic acids is 1. The zero-order valence-electron chi connectivity index (χ0n) is 17.1. The molecule has 0 aliphatic carbocycles. The third kappa shape index (κ3) is 2.91. The van der Waals surface area contributed by atoms with Crippen LogP contribution in [0.25, 0.3) is 21.7 Å². The molecular formula is C25H14Cl2N2O4. The highest BCUT2D eigenvalue weighted by Crippen LogP contribution is 2.42. The van der Waals surface area contributed by atoms with Crippen molar-refractivity contribution in [2.24, 2.45) is 0 Å². The van der Waals surface area contributed by atoms with Crippen molar-refractivity contribution in [2.45, 2.75) is 13.0 Å². The Morgan fingerprint density at radius 2 is 1.76 bits per heavy atom. The maximum Gasteiger partial charge on any atom is 0.296 e. The van der Waals surface area contributed by atoms with Gasteiger partial charge in [-0.25, -0.2) is 0 Å². The van der Waals surface area contributed by atoms with E-state index in [1.165, 1.54) is 4.90 Å². The van der Waals surface area contributed by atoms with Crippen LogP contribution >= 0.6 is 23.2 Å². The molecule has 162 valence electrons. The van der Waals surface area contributed by atoms with Crippen molar-refractivity contribution in [1.82, 2.24) is 5.16 Å². The van der Waals surface area contributed by atoms with E-state index in [1.54, 1.807) is 37.3 Å². The van der Waals surface area contributed by atoms with Gasteiger partial charge in [0, 0.05) is 11.5 Å². The third-order valence-electron chi connectivity index (χ3n) is 5.88. The first kappa shape index (κ1) is 20.0. The topological polar surface area (TPSA) is 76.6 Å². The Morgan fingerprint density at radius 3 is 2.52 bits per heavy atom. The molecule has 0 unspecified atom stereocenters. The van der Waals surface area contributed by atoms with Crippen LogP contribution in [0.4, 0.5) is 5.82 Å². The molecule has 0 saturated heterocycles. The molecule has 0 saturated carbocycles. The second-order valence-corrected chi connectivity index (χ2v) is 8.70. The van der Waals surface area contributed by atoms with Crippen LogP contribution in [0, 0.1) is 6.92 Å². The highest BCUT2D eigenvalue weighted by molar-refractivity contribution is 6.42. The Labute approximate surface area is 196 Å². The first-order chi connectivity index (χ1) is 15.9. The summed E-state index contributed by atoms with van der Waals surface area (Å²) in [6.07, 6.45) is 0. The molecule has 8 heteroatoms. The first-order valence-electron chi connectivity index (χ1n) is 10.1. The summed E-state index contributed by atoms with van der Waals surface area (Å²) in [5, 5.41) is 6.75. The van der Waals surface area contributed by atoms with Gasteiger partial charge in [0.2, 0.25) is 5.76 Å². The lowest BCUT2D eigenvalue weighted by atomic mass is 9.97. The number of rotatable bonds is 2. The van der Waals surface area contributed by atoms with Crippen LogP contribution in [0.2, 0.25) is 10.0 Å². The average Bonchev–Trinajstić information content (AvgIpc) is 3.36. The molecule has 2 aromatic heterocycles. The zero-order chi connectivity index (χ0) is 22.9.